The van der Waals surface area contributed by atoms with Gasteiger partial charge in [-0.25, -0.2) is 0 Å². The zero-order valence-electron chi connectivity index (χ0n) is 16.3. The number of rotatable bonds is 13. The summed E-state index contributed by atoms with van der Waals surface area (Å²) in [4.78, 5) is 59.7. The minimum Gasteiger partial charge on any atom is -0.480 e. The number of carboxylic acid groups (broad SMARTS) is 5. The molecule has 170 valence electrons. The van der Waals surface area contributed by atoms with Crippen LogP contribution in [0.4, 0.5) is 0 Å². The summed E-state index contributed by atoms with van der Waals surface area (Å²) in [6.07, 6.45) is 1.35. The van der Waals surface area contributed by atoms with Crippen molar-refractivity contribution in [1.82, 2.24) is 14.7 Å². The highest BCUT2D eigenvalue weighted by atomic mass is 16.4. The first kappa shape index (κ1) is 25.3. The normalized spacial score (nSPS) is 20.1. The molecule has 0 amide bonds. The summed E-state index contributed by atoms with van der Waals surface area (Å²) in [6.45, 7) is -2.47. The van der Waals surface area contributed by atoms with Crippen LogP contribution in [-0.2, 0) is 24.0 Å². The molecular formula is C17H27N3O10. The van der Waals surface area contributed by atoms with Crippen LogP contribution in [0.25, 0.3) is 0 Å². The maximum absolute atomic E-state index is 11.4. The van der Waals surface area contributed by atoms with Crippen LogP contribution >= 0.6 is 0 Å². The molecule has 5 N–H and O–H groups in total. The predicted octanol–water partition coefficient (Wildman–Crippen LogP) is -1.76. The molecular weight excluding hydrogens is 406 g/mol. The maximum Gasteiger partial charge on any atom is 0.317 e. The van der Waals surface area contributed by atoms with Crippen molar-refractivity contribution >= 4 is 29.8 Å². The molecule has 30 heavy (non-hydrogen) atoms. The van der Waals surface area contributed by atoms with Gasteiger partial charge in [0.25, 0.3) is 0 Å². The highest BCUT2D eigenvalue weighted by Gasteiger charge is 2.33. The summed E-state index contributed by atoms with van der Waals surface area (Å²) >= 11 is 0. The Morgan fingerprint density at radius 3 is 1.67 bits per heavy atom. The number of hydrogen-bond donors (Lipinski definition) is 5. The highest BCUT2D eigenvalue weighted by molar-refractivity contribution is 5.73. The van der Waals surface area contributed by atoms with Gasteiger partial charge in [-0.3, -0.25) is 38.7 Å². The van der Waals surface area contributed by atoms with Gasteiger partial charge < -0.3 is 25.5 Å². The van der Waals surface area contributed by atoms with E-state index >= 15 is 0 Å². The molecule has 1 rings (SSSR count). The summed E-state index contributed by atoms with van der Waals surface area (Å²) in [5.74, 6) is -6.03. The van der Waals surface area contributed by atoms with Crippen LogP contribution in [0.3, 0.4) is 0 Å². The number of nitrogens with zero attached hydrogens (tertiary/aromatic N) is 3. The van der Waals surface area contributed by atoms with Crippen LogP contribution in [0, 0.1) is 0 Å². The third-order valence-electron chi connectivity index (χ3n) is 4.75. The standard InChI is InChI=1S/C17H27N3O10/c21-13(22)6-18(7-14(23)24)4-11-2-1-3-12(5-19(11)8-15(25)26)20(9-16(27)28)10-17(29)30/h11-12H,1-10H2,(H,21,22)(H,23,24)(H,25,26)(H,27,28)(H,29,30)/t11-,12?/m1/s1. The Labute approximate surface area is 172 Å². The molecule has 0 aromatic heterocycles. The molecule has 1 heterocycles. The van der Waals surface area contributed by atoms with Crippen LogP contribution < -0.4 is 0 Å². The van der Waals surface area contributed by atoms with Gasteiger partial charge in [0.15, 0.2) is 0 Å². The lowest BCUT2D eigenvalue weighted by atomic mass is 10.1. The second kappa shape index (κ2) is 12.0. The number of hydrogen-bond acceptors (Lipinski definition) is 8. The summed E-state index contributed by atoms with van der Waals surface area (Å²) < 4.78 is 0. The molecule has 0 radical (unpaired) electrons. The quantitative estimate of drug-likeness (QED) is 0.219. The molecule has 1 fully saturated rings. The molecule has 0 aromatic rings. The molecule has 1 aliphatic heterocycles. The van der Waals surface area contributed by atoms with Crippen LogP contribution in [0.15, 0.2) is 0 Å². The van der Waals surface area contributed by atoms with E-state index in [2.05, 4.69) is 0 Å². The summed E-state index contributed by atoms with van der Waals surface area (Å²) in [6, 6.07) is -1.02. The molecule has 0 aromatic carbocycles. The molecule has 1 aliphatic rings. The van der Waals surface area contributed by atoms with Crippen molar-refractivity contribution in [3.8, 4) is 0 Å². The van der Waals surface area contributed by atoms with Crippen LogP contribution in [0.5, 0.6) is 0 Å². The van der Waals surface area contributed by atoms with Crippen LogP contribution in [0.1, 0.15) is 19.3 Å². The smallest absolute Gasteiger partial charge is 0.317 e. The average Bonchev–Trinajstić information content (AvgIpc) is 2.74. The minimum atomic E-state index is -1.22. The average molecular weight is 433 g/mol. The van der Waals surface area contributed by atoms with Crippen molar-refractivity contribution in [1.29, 1.82) is 0 Å². The molecule has 13 heteroatoms. The van der Waals surface area contributed by atoms with Crippen LogP contribution in [-0.4, -0.2) is 128 Å². The SMILES string of the molecule is O=C(O)CN(CC(=O)O)C[C@H]1CCCC(N(CC(=O)O)CC(=O)O)CN1CC(=O)O. The first-order valence-electron chi connectivity index (χ1n) is 9.27. The van der Waals surface area contributed by atoms with E-state index < -0.39 is 74.7 Å². The van der Waals surface area contributed by atoms with E-state index in [1.807, 2.05) is 0 Å². The fraction of sp³-hybridized carbons (Fsp3) is 0.706. The number of carbonyl (C=O) groups is 5. The minimum absolute atomic E-state index is 0.00351. The summed E-state index contributed by atoms with van der Waals surface area (Å²) in [7, 11) is 0. The van der Waals surface area contributed by atoms with Crippen molar-refractivity contribution in [2.45, 2.75) is 31.3 Å². The highest BCUT2D eigenvalue weighted by Crippen LogP contribution is 2.21. The number of carboxylic acids is 5. The first-order valence-corrected chi connectivity index (χ1v) is 9.27. The summed E-state index contributed by atoms with van der Waals surface area (Å²) in [5.41, 5.74) is 0. The zero-order chi connectivity index (χ0) is 22.8. The molecule has 0 saturated carbocycles. The van der Waals surface area contributed by atoms with Crippen molar-refractivity contribution in [2.24, 2.45) is 0 Å². The largest absolute Gasteiger partial charge is 0.480 e. The lowest BCUT2D eigenvalue weighted by molar-refractivity contribution is -0.144. The number of aliphatic carboxylic acids is 5. The van der Waals surface area contributed by atoms with Crippen molar-refractivity contribution < 1.29 is 49.5 Å². The Kier molecular flexibility index (Phi) is 10.1. The predicted molar refractivity (Wildman–Crippen MR) is 99.2 cm³/mol. The van der Waals surface area contributed by atoms with Gasteiger partial charge in [0.2, 0.25) is 0 Å². The van der Waals surface area contributed by atoms with Gasteiger partial charge in [-0.2, -0.15) is 0 Å². The fourth-order valence-electron chi connectivity index (χ4n) is 3.68. The van der Waals surface area contributed by atoms with Gasteiger partial charge in [0, 0.05) is 25.2 Å². The molecule has 0 bridgehead atoms. The first-order chi connectivity index (χ1) is 14.0. The van der Waals surface area contributed by atoms with Gasteiger partial charge in [0.05, 0.1) is 32.7 Å². The van der Waals surface area contributed by atoms with E-state index in [9.17, 15) is 29.1 Å². The van der Waals surface area contributed by atoms with Crippen molar-refractivity contribution in [3.63, 3.8) is 0 Å². The lowest BCUT2D eigenvalue weighted by Gasteiger charge is -2.35. The third kappa shape index (κ3) is 9.62. The molecule has 0 spiro atoms. The van der Waals surface area contributed by atoms with Crippen molar-refractivity contribution in [2.75, 3.05) is 45.8 Å². The maximum atomic E-state index is 11.4. The van der Waals surface area contributed by atoms with E-state index in [0.29, 0.717) is 19.3 Å². The van der Waals surface area contributed by atoms with Gasteiger partial charge in [-0.15, -0.1) is 0 Å². The third-order valence-corrected chi connectivity index (χ3v) is 4.75. The van der Waals surface area contributed by atoms with E-state index in [1.54, 1.807) is 0 Å². The second-order valence-corrected chi connectivity index (χ2v) is 7.21. The topological polar surface area (TPSA) is 196 Å². The van der Waals surface area contributed by atoms with E-state index in [-0.39, 0.29) is 13.1 Å². The zero-order valence-corrected chi connectivity index (χ0v) is 16.3. The fourth-order valence-corrected chi connectivity index (χ4v) is 3.68. The van der Waals surface area contributed by atoms with E-state index in [4.69, 9.17) is 20.4 Å². The van der Waals surface area contributed by atoms with E-state index in [1.165, 1.54) is 14.7 Å². The lowest BCUT2D eigenvalue weighted by Crippen LogP contribution is -2.52. The van der Waals surface area contributed by atoms with Gasteiger partial charge in [0.1, 0.15) is 0 Å². The molecule has 1 saturated heterocycles. The Hall–Kier alpha value is -2.77. The summed E-state index contributed by atoms with van der Waals surface area (Å²) in [5, 5.41) is 45.5. The van der Waals surface area contributed by atoms with E-state index in [0.717, 1.165) is 0 Å². The Morgan fingerprint density at radius 1 is 0.733 bits per heavy atom. The monoisotopic (exact) mass is 433 g/mol. The second-order valence-electron chi connectivity index (χ2n) is 7.21. The molecule has 13 nitrogen and oxygen atoms in total. The van der Waals surface area contributed by atoms with Crippen molar-refractivity contribution in [3.05, 3.63) is 0 Å². The van der Waals surface area contributed by atoms with Crippen LogP contribution in [0.2, 0.25) is 0 Å². The molecule has 0 aliphatic carbocycles. The molecule has 2 atom stereocenters. The number of likely N-dealkylation sites (tertiary alicyclic amines) is 1. The molecule has 1 unspecified atom stereocenters. The Balaban J connectivity index is 3.04. The van der Waals surface area contributed by atoms with Gasteiger partial charge in [-0.05, 0) is 12.8 Å². The van der Waals surface area contributed by atoms with Gasteiger partial charge >= 0.3 is 29.8 Å². The Morgan fingerprint density at radius 2 is 1.23 bits per heavy atom. The Bertz CT molecular complexity index is 624. The van der Waals surface area contributed by atoms with Gasteiger partial charge in [-0.1, -0.05) is 6.42 Å².